The fraction of sp³-hybridized carbons (Fsp3) is 0.188. The van der Waals surface area contributed by atoms with Crippen LogP contribution in [-0.4, -0.2) is 12.0 Å². The van der Waals surface area contributed by atoms with Crippen molar-refractivity contribution in [1.82, 2.24) is 5.32 Å². The van der Waals surface area contributed by atoms with E-state index in [0.29, 0.717) is 12.3 Å². The van der Waals surface area contributed by atoms with E-state index < -0.39 is 6.10 Å². The van der Waals surface area contributed by atoms with Crippen LogP contribution in [0.25, 0.3) is 0 Å². The van der Waals surface area contributed by atoms with Crippen LogP contribution in [0.15, 0.2) is 59.1 Å². The molecule has 0 fully saturated rings. The van der Waals surface area contributed by atoms with E-state index >= 15 is 0 Å². The van der Waals surface area contributed by atoms with Crippen LogP contribution in [0, 0.1) is 0 Å². The highest BCUT2D eigenvalue weighted by Crippen LogP contribution is 2.17. The second-order valence-electron chi connectivity index (χ2n) is 4.42. The molecule has 0 saturated heterocycles. The Bertz CT molecular complexity index is 554. The Hall–Kier alpha value is -1.81. The summed E-state index contributed by atoms with van der Waals surface area (Å²) < 4.78 is 6.56. The summed E-state index contributed by atoms with van der Waals surface area (Å²) >= 11 is 3.36. The zero-order valence-corrected chi connectivity index (χ0v) is 12.8. The average molecular weight is 334 g/mol. The number of nitrogens with one attached hydrogen (secondary N) is 1. The quantitative estimate of drug-likeness (QED) is 0.908. The van der Waals surface area contributed by atoms with Gasteiger partial charge in [-0.15, -0.1) is 0 Å². The summed E-state index contributed by atoms with van der Waals surface area (Å²) in [6.07, 6.45) is -0.528. The Morgan fingerprint density at radius 3 is 2.45 bits per heavy atom. The van der Waals surface area contributed by atoms with Crippen LogP contribution >= 0.6 is 15.9 Å². The molecule has 0 unspecified atom stereocenters. The number of halogens is 1. The second-order valence-corrected chi connectivity index (χ2v) is 5.33. The van der Waals surface area contributed by atoms with Crippen molar-refractivity contribution in [3.63, 3.8) is 0 Å². The van der Waals surface area contributed by atoms with Gasteiger partial charge in [0.15, 0.2) is 6.10 Å². The van der Waals surface area contributed by atoms with Crippen molar-refractivity contribution < 1.29 is 9.53 Å². The first-order chi connectivity index (χ1) is 9.65. The Balaban J connectivity index is 1.84. The molecule has 0 radical (unpaired) electrons. The Morgan fingerprint density at radius 2 is 1.80 bits per heavy atom. The summed E-state index contributed by atoms with van der Waals surface area (Å²) in [5.41, 5.74) is 1.07. The van der Waals surface area contributed by atoms with E-state index in [1.54, 1.807) is 6.92 Å². The number of hydrogen-bond donors (Lipinski definition) is 1. The van der Waals surface area contributed by atoms with E-state index in [-0.39, 0.29) is 5.91 Å². The first-order valence-corrected chi connectivity index (χ1v) is 7.18. The molecule has 0 heterocycles. The van der Waals surface area contributed by atoms with Crippen molar-refractivity contribution in [2.24, 2.45) is 0 Å². The third-order valence-electron chi connectivity index (χ3n) is 2.81. The molecule has 1 N–H and O–H groups in total. The molecule has 2 rings (SSSR count). The summed E-state index contributed by atoms with van der Waals surface area (Å²) in [7, 11) is 0. The van der Waals surface area contributed by atoms with Gasteiger partial charge >= 0.3 is 0 Å². The minimum Gasteiger partial charge on any atom is -0.481 e. The minimum absolute atomic E-state index is 0.128. The minimum atomic E-state index is -0.528. The second kappa shape index (κ2) is 7.10. The Kier molecular flexibility index (Phi) is 5.18. The lowest BCUT2D eigenvalue weighted by Crippen LogP contribution is -2.35. The topological polar surface area (TPSA) is 38.3 Å². The first kappa shape index (κ1) is 14.6. The molecular weight excluding hydrogens is 318 g/mol. The van der Waals surface area contributed by atoms with Crippen molar-refractivity contribution in [3.8, 4) is 5.75 Å². The molecule has 2 aromatic carbocycles. The van der Waals surface area contributed by atoms with Gasteiger partial charge in [0.2, 0.25) is 0 Å². The number of ether oxygens (including phenoxy) is 1. The maximum Gasteiger partial charge on any atom is 0.261 e. The van der Waals surface area contributed by atoms with Crippen molar-refractivity contribution in [3.05, 3.63) is 64.6 Å². The third kappa shape index (κ3) is 4.38. The van der Waals surface area contributed by atoms with E-state index in [1.165, 1.54) is 0 Å². The molecule has 104 valence electrons. The van der Waals surface area contributed by atoms with Crippen molar-refractivity contribution in [2.45, 2.75) is 19.6 Å². The molecule has 0 saturated carbocycles. The van der Waals surface area contributed by atoms with Gasteiger partial charge in [0.05, 0.1) is 0 Å². The molecule has 1 amide bonds. The van der Waals surface area contributed by atoms with Crippen LogP contribution in [-0.2, 0) is 11.3 Å². The molecule has 0 aliphatic carbocycles. The van der Waals surface area contributed by atoms with Crippen LogP contribution < -0.4 is 10.1 Å². The fourth-order valence-corrected chi connectivity index (χ4v) is 1.96. The summed E-state index contributed by atoms with van der Waals surface area (Å²) in [5, 5.41) is 2.86. The van der Waals surface area contributed by atoms with Crippen LogP contribution in [0.4, 0.5) is 0 Å². The zero-order valence-electron chi connectivity index (χ0n) is 11.2. The highest BCUT2D eigenvalue weighted by Gasteiger charge is 2.13. The number of carbonyl (C=O) groups excluding carboxylic acids is 1. The fourth-order valence-electron chi connectivity index (χ4n) is 1.70. The zero-order chi connectivity index (χ0) is 14.4. The smallest absolute Gasteiger partial charge is 0.261 e. The van der Waals surface area contributed by atoms with Crippen molar-refractivity contribution in [1.29, 1.82) is 0 Å². The molecule has 0 aliphatic heterocycles. The van der Waals surface area contributed by atoms with Gasteiger partial charge in [-0.1, -0.05) is 46.3 Å². The van der Waals surface area contributed by atoms with E-state index in [1.807, 2.05) is 54.6 Å². The van der Waals surface area contributed by atoms with Gasteiger partial charge in [-0.05, 0) is 36.8 Å². The summed E-state index contributed by atoms with van der Waals surface area (Å²) in [4.78, 5) is 11.9. The Labute approximate surface area is 127 Å². The van der Waals surface area contributed by atoms with Crippen LogP contribution in [0.5, 0.6) is 5.75 Å². The van der Waals surface area contributed by atoms with Gasteiger partial charge in [-0.3, -0.25) is 4.79 Å². The standard InChI is InChI=1S/C16H16BrNO2/c1-12(20-15-9-7-14(17)8-10-15)16(19)18-11-13-5-3-2-4-6-13/h2-10,12H,11H2,1H3,(H,18,19)/t12-/m0/s1. The monoisotopic (exact) mass is 333 g/mol. The van der Waals surface area contributed by atoms with Gasteiger partial charge in [0.1, 0.15) is 5.75 Å². The maximum atomic E-state index is 11.9. The molecule has 0 bridgehead atoms. The lowest BCUT2D eigenvalue weighted by molar-refractivity contribution is -0.127. The molecule has 4 heteroatoms. The van der Waals surface area contributed by atoms with E-state index in [2.05, 4.69) is 21.2 Å². The Morgan fingerprint density at radius 1 is 1.15 bits per heavy atom. The van der Waals surface area contributed by atoms with Crippen LogP contribution in [0.3, 0.4) is 0 Å². The molecule has 0 spiro atoms. The van der Waals surface area contributed by atoms with Gasteiger partial charge in [0.25, 0.3) is 5.91 Å². The molecule has 3 nitrogen and oxygen atoms in total. The molecule has 1 atom stereocenters. The van der Waals surface area contributed by atoms with Crippen molar-refractivity contribution in [2.75, 3.05) is 0 Å². The number of rotatable bonds is 5. The lowest BCUT2D eigenvalue weighted by atomic mass is 10.2. The normalized spacial score (nSPS) is 11.7. The summed E-state index contributed by atoms with van der Waals surface area (Å²) in [6.45, 7) is 2.25. The molecule has 2 aromatic rings. The van der Waals surface area contributed by atoms with E-state index in [0.717, 1.165) is 10.0 Å². The number of carbonyl (C=O) groups is 1. The molecule has 0 aromatic heterocycles. The molecular formula is C16H16BrNO2. The van der Waals surface area contributed by atoms with E-state index in [4.69, 9.17) is 4.74 Å². The van der Waals surface area contributed by atoms with Gasteiger partial charge in [-0.2, -0.15) is 0 Å². The number of amides is 1. The largest absolute Gasteiger partial charge is 0.481 e. The van der Waals surface area contributed by atoms with Gasteiger partial charge < -0.3 is 10.1 Å². The predicted molar refractivity (Wildman–Crippen MR) is 82.5 cm³/mol. The third-order valence-corrected chi connectivity index (χ3v) is 3.33. The molecule has 0 aliphatic rings. The maximum absolute atomic E-state index is 11.9. The first-order valence-electron chi connectivity index (χ1n) is 6.39. The highest BCUT2D eigenvalue weighted by molar-refractivity contribution is 9.10. The predicted octanol–water partition coefficient (Wildman–Crippen LogP) is 3.53. The van der Waals surface area contributed by atoms with Crippen LogP contribution in [0.2, 0.25) is 0 Å². The molecule has 20 heavy (non-hydrogen) atoms. The lowest BCUT2D eigenvalue weighted by Gasteiger charge is -2.14. The van der Waals surface area contributed by atoms with E-state index in [9.17, 15) is 4.79 Å². The summed E-state index contributed by atoms with van der Waals surface area (Å²) in [5.74, 6) is 0.548. The van der Waals surface area contributed by atoms with Crippen molar-refractivity contribution >= 4 is 21.8 Å². The average Bonchev–Trinajstić information content (AvgIpc) is 2.48. The summed E-state index contributed by atoms with van der Waals surface area (Å²) in [6, 6.07) is 17.2. The number of hydrogen-bond acceptors (Lipinski definition) is 2. The van der Waals surface area contributed by atoms with Gasteiger partial charge in [0, 0.05) is 11.0 Å². The van der Waals surface area contributed by atoms with Gasteiger partial charge in [-0.25, -0.2) is 0 Å². The number of benzene rings is 2. The van der Waals surface area contributed by atoms with Crippen LogP contribution in [0.1, 0.15) is 12.5 Å². The SMILES string of the molecule is C[C@H](Oc1ccc(Br)cc1)C(=O)NCc1ccccc1. The highest BCUT2D eigenvalue weighted by atomic mass is 79.9.